The van der Waals surface area contributed by atoms with E-state index in [9.17, 15) is 22.8 Å². The topological polar surface area (TPSA) is 88.9 Å². The molecule has 2 amide bonds. The third kappa shape index (κ3) is 6.58. The number of hydrogen-bond donors (Lipinski definition) is 2. The molecule has 2 aromatic heterocycles. The van der Waals surface area contributed by atoms with Crippen LogP contribution in [0.4, 0.5) is 13.2 Å². The van der Waals surface area contributed by atoms with E-state index in [2.05, 4.69) is 27.9 Å². The van der Waals surface area contributed by atoms with E-state index < -0.39 is 17.8 Å². The van der Waals surface area contributed by atoms with Gasteiger partial charge in [0.05, 0.1) is 5.69 Å². The standard InChI is InChI=1S/C27H28F3N5O2S/c1-2-3-4-5-6-7-15-24(36)32-33-25(37)22-17-38-26(31-22)35-23(27(28,29)30)16-21(34-35)20-14-10-12-18-11-8-9-13-19(18)20/h8-14,16-17H,2-7,15H2,1H3,(H,32,36)(H,33,37). The molecule has 38 heavy (non-hydrogen) atoms. The van der Waals surface area contributed by atoms with Crippen LogP contribution in [0.2, 0.25) is 0 Å². The number of unbranched alkanes of at least 4 members (excludes halogenated alkanes) is 5. The van der Waals surface area contributed by atoms with Gasteiger partial charge < -0.3 is 0 Å². The predicted octanol–water partition coefficient (Wildman–Crippen LogP) is 6.68. The molecule has 11 heteroatoms. The lowest BCUT2D eigenvalue weighted by Crippen LogP contribution is -2.41. The zero-order valence-corrected chi connectivity index (χ0v) is 21.7. The third-order valence-electron chi connectivity index (χ3n) is 6.04. The monoisotopic (exact) mass is 543 g/mol. The number of thiazole rings is 1. The van der Waals surface area contributed by atoms with Crippen molar-refractivity contribution in [1.82, 2.24) is 25.6 Å². The maximum atomic E-state index is 13.9. The molecule has 0 bridgehead atoms. The van der Waals surface area contributed by atoms with Gasteiger partial charge in [0.2, 0.25) is 11.0 Å². The van der Waals surface area contributed by atoms with Gasteiger partial charge in [-0.2, -0.15) is 18.3 Å². The number of carbonyl (C=O) groups is 2. The number of rotatable bonds is 10. The molecule has 200 valence electrons. The van der Waals surface area contributed by atoms with Crippen LogP contribution in [0.25, 0.3) is 27.2 Å². The Bertz CT molecular complexity index is 1410. The minimum absolute atomic E-state index is 0.118. The summed E-state index contributed by atoms with van der Waals surface area (Å²) < 4.78 is 42.5. The minimum Gasteiger partial charge on any atom is -0.273 e. The number of halogens is 3. The van der Waals surface area contributed by atoms with E-state index in [0.29, 0.717) is 16.7 Å². The van der Waals surface area contributed by atoms with Crippen LogP contribution in [-0.4, -0.2) is 26.6 Å². The molecule has 2 aromatic carbocycles. The number of hydrogen-bond acceptors (Lipinski definition) is 5. The Labute approximate surface area is 222 Å². The lowest BCUT2D eigenvalue weighted by molar-refractivity contribution is -0.142. The van der Waals surface area contributed by atoms with Gasteiger partial charge in [0.25, 0.3) is 5.91 Å². The zero-order valence-electron chi connectivity index (χ0n) is 20.8. The second kappa shape index (κ2) is 12.2. The van der Waals surface area contributed by atoms with Crippen molar-refractivity contribution >= 4 is 33.9 Å². The number of fused-ring (bicyclic) bond motifs is 1. The maximum Gasteiger partial charge on any atom is 0.433 e. The second-order valence-electron chi connectivity index (χ2n) is 8.89. The molecule has 2 N–H and O–H groups in total. The van der Waals surface area contributed by atoms with Crippen LogP contribution in [0.3, 0.4) is 0 Å². The van der Waals surface area contributed by atoms with Crippen molar-refractivity contribution in [1.29, 1.82) is 0 Å². The van der Waals surface area contributed by atoms with Gasteiger partial charge in [-0.3, -0.25) is 20.4 Å². The fourth-order valence-corrected chi connectivity index (χ4v) is 4.86. The number of nitrogens with zero attached hydrogens (tertiary/aromatic N) is 3. The summed E-state index contributed by atoms with van der Waals surface area (Å²) in [5.74, 6) is -1.06. The van der Waals surface area contributed by atoms with Crippen molar-refractivity contribution in [3.8, 4) is 16.4 Å². The Balaban J connectivity index is 1.47. The van der Waals surface area contributed by atoms with Crippen LogP contribution in [0.15, 0.2) is 53.9 Å². The first-order valence-electron chi connectivity index (χ1n) is 12.5. The van der Waals surface area contributed by atoms with Crippen molar-refractivity contribution in [2.24, 2.45) is 0 Å². The number of aromatic nitrogens is 3. The molecule has 0 saturated heterocycles. The summed E-state index contributed by atoms with van der Waals surface area (Å²) in [5.41, 5.74) is 4.17. The van der Waals surface area contributed by atoms with Crippen molar-refractivity contribution in [2.45, 2.75) is 58.0 Å². The Hall–Kier alpha value is -3.73. The maximum absolute atomic E-state index is 13.9. The summed E-state index contributed by atoms with van der Waals surface area (Å²) in [6.07, 6.45) is 1.73. The molecule has 0 unspecified atom stereocenters. The molecule has 7 nitrogen and oxygen atoms in total. The minimum atomic E-state index is -4.70. The van der Waals surface area contributed by atoms with Crippen LogP contribution < -0.4 is 10.9 Å². The fourth-order valence-electron chi connectivity index (χ4n) is 4.09. The smallest absolute Gasteiger partial charge is 0.273 e. The van der Waals surface area contributed by atoms with E-state index in [0.717, 1.165) is 53.9 Å². The normalized spacial score (nSPS) is 11.6. The number of alkyl halides is 3. The average molecular weight is 544 g/mol. The summed E-state index contributed by atoms with van der Waals surface area (Å²) in [5, 5.41) is 7.07. The molecule has 4 rings (SSSR count). The van der Waals surface area contributed by atoms with E-state index in [1.807, 2.05) is 30.3 Å². The molecule has 0 aliphatic rings. The predicted molar refractivity (Wildman–Crippen MR) is 141 cm³/mol. The average Bonchev–Trinajstić information content (AvgIpc) is 3.57. The highest BCUT2D eigenvalue weighted by Crippen LogP contribution is 2.36. The number of nitrogens with one attached hydrogen (secondary N) is 2. The quantitative estimate of drug-likeness (QED) is 0.173. The Morgan fingerprint density at radius 3 is 2.50 bits per heavy atom. The number of carbonyl (C=O) groups excluding carboxylic acids is 2. The lowest BCUT2D eigenvalue weighted by Gasteiger charge is -2.07. The molecule has 0 aliphatic heterocycles. The molecule has 0 spiro atoms. The van der Waals surface area contributed by atoms with Gasteiger partial charge in [-0.1, -0.05) is 81.5 Å². The van der Waals surface area contributed by atoms with Crippen molar-refractivity contribution < 1.29 is 22.8 Å². The van der Waals surface area contributed by atoms with Gasteiger partial charge >= 0.3 is 6.18 Å². The summed E-state index contributed by atoms with van der Waals surface area (Å²) in [4.78, 5) is 28.5. The first-order valence-corrected chi connectivity index (χ1v) is 13.4. The molecular formula is C27H28F3N5O2S. The van der Waals surface area contributed by atoms with Gasteiger partial charge in [0.1, 0.15) is 5.69 Å². The summed E-state index contributed by atoms with van der Waals surface area (Å²) in [6.45, 7) is 2.13. The summed E-state index contributed by atoms with van der Waals surface area (Å²) in [6, 6.07) is 13.7. The van der Waals surface area contributed by atoms with E-state index in [-0.39, 0.29) is 28.8 Å². The highest BCUT2D eigenvalue weighted by Gasteiger charge is 2.37. The first kappa shape index (κ1) is 27.3. The van der Waals surface area contributed by atoms with Gasteiger partial charge in [-0.15, -0.1) is 11.3 Å². The zero-order chi connectivity index (χ0) is 27.1. The molecule has 0 aliphatic carbocycles. The van der Waals surface area contributed by atoms with Crippen LogP contribution in [0.1, 0.15) is 68.1 Å². The lowest BCUT2D eigenvalue weighted by atomic mass is 10.0. The van der Waals surface area contributed by atoms with E-state index in [1.54, 1.807) is 12.1 Å². The second-order valence-corrected chi connectivity index (χ2v) is 9.72. The molecule has 0 radical (unpaired) electrons. The van der Waals surface area contributed by atoms with Crippen molar-refractivity contribution in [3.05, 3.63) is 65.3 Å². The molecule has 0 fully saturated rings. The van der Waals surface area contributed by atoms with E-state index >= 15 is 0 Å². The van der Waals surface area contributed by atoms with E-state index in [1.165, 1.54) is 11.8 Å². The summed E-state index contributed by atoms with van der Waals surface area (Å²) in [7, 11) is 0. The van der Waals surface area contributed by atoms with Crippen molar-refractivity contribution in [3.63, 3.8) is 0 Å². The third-order valence-corrected chi connectivity index (χ3v) is 6.86. The van der Waals surface area contributed by atoms with Gasteiger partial charge in [0, 0.05) is 17.4 Å². The Morgan fingerprint density at radius 1 is 0.974 bits per heavy atom. The molecule has 2 heterocycles. The summed E-state index contributed by atoms with van der Waals surface area (Å²) >= 11 is 0.847. The first-order chi connectivity index (χ1) is 18.3. The van der Waals surface area contributed by atoms with Crippen LogP contribution in [-0.2, 0) is 11.0 Å². The number of benzene rings is 2. The molecule has 4 aromatic rings. The molecule has 0 saturated carbocycles. The largest absolute Gasteiger partial charge is 0.433 e. The Morgan fingerprint density at radius 2 is 1.71 bits per heavy atom. The van der Waals surface area contributed by atoms with Gasteiger partial charge in [-0.05, 0) is 23.3 Å². The van der Waals surface area contributed by atoms with Crippen LogP contribution in [0.5, 0.6) is 0 Å². The molecular weight excluding hydrogens is 515 g/mol. The van der Waals surface area contributed by atoms with E-state index in [4.69, 9.17) is 0 Å². The molecule has 0 atom stereocenters. The SMILES string of the molecule is CCCCCCCCC(=O)NNC(=O)c1csc(-n2nc(-c3cccc4ccccc34)cc2C(F)(F)F)n1. The van der Waals surface area contributed by atoms with Gasteiger partial charge in [0.15, 0.2) is 5.69 Å². The van der Waals surface area contributed by atoms with Crippen LogP contribution >= 0.6 is 11.3 Å². The van der Waals surface area contributed by atoms with Crippen molar-refractivity contribution in [2.75, 3.05) is 0 Å². The number of amides is 2. The highest BCUT2D eigenvalue weighted by molar-refractivity contribution is 7.12. The van der Waals surface area contributed by atoms with Crippen LogP contribution in [0, 0.1) is 0 Å². The number of hydrazine groups is 1. The Kier molecular flexibility index (Phi) is 8.77. The highest BCUT2D eigenvalue weighted by atomic mass is 32.1. The fraction of sp³-hybridized carbons (Fsp3) is 0.333. The van der Waals surface area contributed by atoms with Gasteiger partial charge in [-0.25, -0.2) is 9.67 Å².